The lowest BCUT2D eigenvalue weighted by molar-refractivity contribution is -0.125. The number of para-hydroxylation sites is 2. The van der Waals surface area contributed by atoms with Crippen LogP contribution in [0.3, 0.4) is 0 Å². The summed E-state index contributed by atoms with van der Waals surface area (Å²) < 4.78 is 4.39. The van der Waals surface area contributed by atoms with Gasteiger partial charge in [0.1, 0.15) is 5.82 Å². The summed E-state index contributed by atoms with van der Waals surface area (Å²) in [6, 6.07) is 7.85. The minimum Gasteiger partial charge on any atom is -0.335 e. The van der Waals surface area contributed by atoms with E-state index in [0.717, 1.165) is 28.0 Å². The predicted molar refractivity (Wildman–Crippen MR) is 108 cm³/mol. The van der Waals surface area contributed by atoms with Gasteiger partial charge < -0.3 is 14.0 Å². The minimum atomic E-state index is -0.442. The van der Waals surface area contributed by atoms with E-state index in [1.165, 1.54) is 34.9 Å². The lowest BCUT2D eigenvalue weighted by atomic mass is 10.3. The van der Waals surface area contributed by atoms with Gasteiger partial charge in [-0.25, -0.2) is 9.78 Å². The summed E-state index contributed by atoms with van der Waals surface area (Å²) in [5.74, 6) is 0.539. The van der Waals surface area contributed by atoms with Crippen LogP contribution in [0, 0.1) is 0 Å². The first-order chi connectivity index (χ1) is 13.3. The molecule has 0 radical (unpaired) electrons. The number of nitrogens with zero attached hydrogens (tertiary/aromatic N) is 5. The predicted octanol–water partition coefficient (Wildman–Crippen LogP) is 1.13. The maximum Gasteiger partial charge on any atom is 0.330 e. The third-order valence-electron chi connectivity index (χ3n) is 4.68. The van der Waals surface area contributed by atoms with Crippen molar-refractivity contribution in [3.63, 3.8) is 0 Å². The fraction of sp³-hybridized carbons (Fsp3) is 0.300. The van der Waals surface area contributed by atoms with Crippen molar-refractivity contribution in [2.24, 2.45) is 14.1 Å². The van der Waals surface area contributed by atoms with E-state index in [9.17, 15) is 14.4 Å². The van der Waals surface area contributed by atoms with E-state index in [-0.39, 0.29) is 11.5 Å². The van der Waals surface area contributed by atoms with Crippen molar-refractivity contribution in [2.75, 3.05) is 7.05 Å². The molecular weight excluding hydrogens is 358 g/mol. The first kappa shape index (κ1) is 19.3. The molecule has 3 aromatic rings. The molecule has 0 aliphatic carbocycles. The van der Waals surface area contributed by atoms with Crippen LogP contribution in [-0.2, 0) is 32.0 Å². The lowest BCUT2D eigenvalue weighted by Crippen LogP contribution is -2.37. The second kappa shape index (κ2) is 7.67. The molecule has 1 aromatic carbocycles. The highest BCUT2D eigenvalue weighted by Crippen LogP contribution is 2.17. The van der Waals surface area contributed by atoms with Crippen LogP contribution in [0.15, 0.2) is 46.1 Å². The molecule has 0 saturated carbocycles. The van der Waals surface area contributed by atoms with E-state index < -0.39 is 11.2 Å². The fourth-order valence-electron chi connectivity index (χ4n) is 3.13. The maximum absolute atomic E-state index is 12.5. The molecule has 8 nitrogen and oxygen atoms in total. The Morgan fingerprint density at radius 3 is 2.64 bits per heavy atom. The molecule has 2 aromatic heterocycles. The van der Waals surface area contributed by atoms with E-state index in [1.807, 2.05) is 31.2 Å². The lowest BCUT2D eigenvalue weighted by Gasteiger charge is -2.15. The van der Waals surface area contributed by atoms with Crippen molar-refractivity contribution in [3.05, 3.63) is 68.8 Å². The van der Waals surface area contributed by atoms with Gasteiger partial charge in [0.2, 0.25) is 5.91 Å². The molecule has 0 bridgehead atoms. The number of amides is 1. The monoisotopic (exact) mass is 381 g/mol. The molecule has 2 heterocycles. The molecule has 3 rings (SSSR count). The highest BCUT2D eigenvalue weighted by Gasteiger charge is 2.14. The number of imidazole rings is 1. The normalized spacial score (nSPS) is 11.4. The number of aromatic nitrogens is 4. The molecule has 146 valence electrons. The van der Waals surface area contributed by atoms with Gasteiger partial charge in [-0.2, -0.15) is 0 Å². The highest BCUT2D eigenvalue weighted by molar-refractivity contribution is 5.91. The molecule has 0 N–H and O–H groups in total. The second-order valence-electron chi connectivity index (χ2n) is 6.63. The van der Waals surface area contributed by atoms with Gasteiger partial charge in [0, 0.05) is 40.0 Å². The Kier molecular flexibility index (Phi) is 5.30. The fourth-order valence-corrected chi connectivity index (χ4v) is 3.13. The largest absolute Gasteiger partial charge is 0.335 e. The third kappa shape index (κ3) is 3.53. The quantitative estimate of drug-likeness (QED) is 0.621. The van der Waals surface area contributed by atoms with Crippen LogP contribution in [0.5, 0.6) is 0 Å². The molecular formula is C20H23N5O3. The first-order valence-corrected chi connectivity index (χ1v) is 8.97. The molecule has 0 fully saturated rings. The Bertz CT molecular complexity index is 1180. The number of hydrogen-bond donors (Lipinski definition) is 0. The number of rotatable bonds is 5. The Hall–Kier alpha value is -3.42. The number of carbonyl (C=O) groups is 1. The number of benzene rings is 1. The van der Waals surface area contributed by atoms with E-state index >= 15 is 0 Å². The van der Waals surface area contributed by atoms with Gasteiger partial charge in [-0.15, -0.1) is 0 Å². The van der Waals surface area contributed by atoms with Crippen LogP contribution >= 0.6 is 0 Å². The van der Waals surface area contributed by atoms with Gasteiger partial charge in [0.15, 0.2) is 0 Å². The van der Waals surface area contributed by atoms with E-state index in [0.29, 0.717) is 6.54 Å². The minimum absolute atomic E-state index is 0.259. The molecule has 8 heteroatoms. The zero-order valence-corrected chi connectivity index (χ0v) is 16.4. The van der Waals surface area contributed by atoms with Crippen LogP contribution in [0.1, 0.15) is 18.3 Å². The van der Waals surface area contributed by atoms with Crippen molar-refractivity contribution in [2.45, 2.75) is 20.0 Å². The number of carbonyl (C=O) groups excluding carboxylic acids is 1. The second-order valence-corrected chi connectivity index (χ2v) is 6.63. The van der Waals surface area contributed by atoms with Crippen molar-refractivity contribution >= 4 is 23.0 Å². The maximum atomic E-state index is 12.5. The summed E-state index contributed by atoms with van der Waals surface area (Å²) in [6.45, 7) is 3.13. The van der Waals surface area contributed by atoms with Crippen molar-refractivity contribution in [1.29, 1.82) is 0 Å². The molecule has 0 spiro atoms. The van der Waals surface area contributed by atoms with E-state index in [4.69, 9.17) is 0 Å². The standard InChI is InChI=1S/C20H23N5O3/c1-5-25-16-9-7-6-8-15(16)21-17(25)13-22(2)18(26)11-10-14-12-23(3)20(28)24(4)19(14)27/h6-12H,5,13H2,1-4H3/b11-10+. The highest BCUT2D eigenvalue weighted by atomic mass is 16.2. The smallest absolute Gasteiger partial charge is 0.330 e. The van der Waals surface area contributed by atoms with Gasteiger partial charge in [-0.1, -0.05) is 12.1 Å². The summed E-state index contributed by atoms with van der Waals surface area (Å²) in [4.78, 5) is 42.6. The average Bonchev–Trinajstić information content (AvgIpc) is 3.04. The van der Waals surface area contributed by atoms with Gasteiger partial charge in [0.25, 0.3) is 5.56 Å². The summed E-state index contributed by atoms with van der Waals surface area (Å²) in [7, 11) is 4.65. The van der Waals surface area contributed by atoms with E-state index in [2.05, 4.69) is 9.55 Å². The van der Waals surface area contributed by atoms with Crippen LogP contribution in [-0.4, -0.2) is 36.5 Å². The zero-order valence-electron chi connectivity index (χ0n) is 16.4. The average molecular weight is 381 g/mol. The number of aryl methyl sites for hydroxylation is 2. The number of fused-ring (bicyclic) bond motifs is 1. The summed E-state index contributed by atoms with van der Waals surface area (Å²) in [6.07, 6.45) is 4.19. The van der Waals surface area contributed by atoms with Crippen molar-refractivity contribution in [3.8, 4) is 0 Å². The van der Waals surface area contributed by atoms with Crippen LogP contribution in [0.25, 0.3) is 17.1 Å². The number of likely N-dealkylation sites (N-methyl/N-ethyl adjacent to an activating group) is 1. The SMILES string of the molecule is CCn1c(CN(C)C(=O)/C=C/c2cn(C)c(=O)n(C)c2=O)nc2ccccc21. The summed E-state index contributed by atoms with van der Waals surface area (Å²) >= 11 is 0. The van der Waals surface area contributed by atoms with Gasteiger partial charge >= 0.3 is 5.69 Å². The molecule has 0 saturated heterocycles. The molecule has 0 aliphatic heterocycles. The molecule has 1 amide bonds. The molecule has 0 unspecified atom stereocenters. The van der Waals surface area contributed by atoms with Gasteiger partial charge in [-0.3, -0.25) is 14.2 Å². The molecule has 0 aliphatic rings. The Morgan fingerprint density at radius 1 is 1.21 bits per heavy atom. The van der Waals surface area contributed by atoms with Crippen LogP contribution in [0.4, 0.5) is 0 Å². The summed E-state index contributed by atoms with van der Waals surface area (Å²) in [5.41, 5.74) is 1.34. The molecule has 0 atom stereocenters. The third-order valence-corrected chi connectivity index (χ3v) is 4.68. The molecule has 28 heavy (non-hydrogen) atoms. The Balaban J connectivity index is 1.82. The van der Waals surface area contributed by atoms with Gasteiger partial charge in [0.05, 0.1) is 23.1 Å². The van der Waals surface area contributed by atoms with E-state index in [1.54, 1.807) is 14.1 Å². The van der Waals surface area contributed by atoms with Crippen LogP contribution in [0.2, 0.25) is 0 Å². The van der Waals surface area contributed by atoms with Crippen molar-refractivity contribution < 1.29 is 4.79 Å². The Morgan fingerprint density at radius 2 is 1.93 bits per heavy atom. The first-order valence-electron chi connectivity index (χ1n) is 8.97. The summed E-state index contributed by atoms with van der Waals surface area (Å²) in [5, 5.41) is 0. The topological polar surface area (TPSA) is 82.1 Å². The van der Waals surface area contributed by atoms with Gasteiger partial charge in [-0.05, 0) is 25.1 Å². The van der Waals surface area contributed by atoms with Crippen LogP contribution < -0.4 is 11.2 Å². The zero-order chi connectivity index (χ0) is 20.4. The number of hydrogen-bond acceptors (Lipinski definition) is 4. The van der Waals surface area contributed by atoms with Crippen molar-refractivity contribution in [1.82, 2.24) is 23.6 Å². The Labute approximate surface area is 162 Å².